The summed E-state index contributed by atoms with van der Waals surface area (Å²) >= 11 is 4.79. The van der Waals surface area contributed by atoms with E-state index in [-0.39, 0.29) is 10.9 Å². The molecular formula is C16H16N2OS. The molecule has 3 N–H and O–H groups in total. The Balaban J connectivity index is 2.33. The molecule has 0 saturated carbocycles. The summed E-state index contributed by atoms with van der Waals surface area (Å²) in [6.45, 7) is 4.02. The number of carbonyl (C=O) groups excluding carboxylic acids is 1. The zero-order chi connectivity index (χ0) is 14.7. The van der Waals surface area contributed by atoms with Crippen molar-refractivity contribution in [3.05, 3.63) is 64.7 Å². The number of ketones is 1. The monoisotopic (exact) mass is 284 g/mol. The zero-order valence-electron chi connectivity index (χ0n) is 11.4. The molecule has 0 aliphatic heterocycles. The lowest BCUT2D eigenvalue weighted by Crippen LogP contribution is -2.19. The summed E-state index contributed by atoms with van der Waals surface area (Å²) in [5.41, 5.74) is 9.71. The molecule has 2 rings (SSSR count). The van der Waals surface area contributed by atoms with Crippen molar-refractivity contribution in [1.29, 1.82) is 0 Å². The van der Waals surface area contributed by atoms with E-state index in [9.17, 15) is 4.79 Å². The van der Waals surface area contributed by atoms with Crippen LogP contribution in [0, 0.1) is 13.8 Å². The van der Waals surface area contributed by atoms with Crippen molar-refractivity contribution in [2.24, 2.45) is 5.73 Å². The van der Waals surface area contributed by atoms with E-state index >= 15 is 0 Å². The number of rotatable bonds is 3. The first-order valence-electron chi connectivity index (χ1n) is 6.26. The standard InChI is InChI=1S/C16H16N2OS/c1-10-6-7-13(8-11(10)2)15(19)12-4-3-5-14(9-12)18-16(17)20/h3-9H,1-2H3,(H3,17,18,20). The molecular weight excluding hydrogens is 268 g/mol. The third kappa shape index (κ3) is 3.22. The third-order valence-corrected chi connectivity index (χ3v) is 3.26. The lowest BCUT2D eigenvalue weighted by atomic mass is 9.99. The second kappa shape index (κ2) is 5.84. The maximum absolute atomic E-state index is 12.5. The molecule has 0 amide bonds. The molecule has 0 radical (unpaired) electrons. The molecule has 0 bridgehead atoms. The highest BCUT2D eigenvalue weighted by Crippen LogP contribution is 2.17. The van der Waals surface area contributed by atoms with Gasteiger partial charge in [0.25, 0.3) is 0 Å². The average molecular weight is 284 g/mol. The van der Waals surface area contributed by atoms with E-state index in [4.69, 9.17) is 18.0 Å². The first-order valence-corrected chi connectivity index (χ1v) is 6.66. The largest absolute Gasteiger partial charge is 0.376 e. The van der Waals surface area contributed by atoms with Gasteiger partial charge in [-0.15, -0.1) is 0 Å². The molecule has 0 heterocycles. The van der Waals surface area contributed by atoms with Crippen molar-refractivity contribution in [1.82, 2.24) is 0 Å². The normalized spacial score (nSPS) is 10.1. The number of aryl methyl sites for hydroxylation is 2. The second-order valence-electron chi connectivity index (χ2n) is 4.70. The van der Waals surface area contributed by atoms with Crippen LogP contribution >= 0.6 is 12.2 Å². The van der Waals surface area contributed by atoms with E-state index in [2.05, 4.69) is 5.32 Å². The third-order valence-electron chi connectivity index (χ3n) is 3.16. The van der Waals surface area contributed by atoms with Gasteiger partial charge in [-0.2, -0.15) is 0 Å². The van der Waals surface area contributed by atoms with Gasteiger partial charge in [-0.05, 0) is 55.4 Å². The van der Waals surface area contributed by atoms with Crippen LogP contribution in [0.1, 0.15) is 27.0 Å². The van der Waals surface area contributed by atoms with Crippen LogP contribution in [0.5, 0.6) is 0 Å². The molecule has 0 atom stereocenters. The molecule has 2 aromatic carbocycles. The van der Waals surface area contributed by atoms with Crippen LogP contribution in [-0.2, 0) is 0 Å². The highest BCUT2D eigenvalue weighted by Gasteiger charge is 2.10. The first-order chi connectivity index (χ1) is 9.47. The molecule has 20 heavy (non-hydrogen) atoms. The van der Waals surface area contributed by atoms with Gasteiger partial charge in [0.15, 0.2) is 10.9 Å². The first kappa shape index (κ1) is 14.2. The minimum atomic E-state index is -0.0142. The predicted molar refractivity (Wildman–Crippen MR) is 86.2 cm³/mol. The van der Waals surface area contributed by atoms with Gasteiger partial charge in [0.1, 0.15) is 0 Å². The fourth-order valence-electron chi connectivity index (χ4n) is 1.93. The number of benzene rings is 2. The fraction of sp³-hybridized carbons (Fsp3) is 0.125. The molecule has 0 aliphatic rings. The maximum atomic E-state index is 12.5. The van der Waals surface area contributed by atoms with Gasteiger partial charge in [0.05, 0.1) is 0 Å². The molecule has 2 aromatic rings. The van der Waals surface area contributed by atoms with Crippen molar-refractivity contribution in [2.75, 3.05) is 5.32 Å². The maximum Gasteiger partial charge on any atom is 0.193 e. The van der Waals surface area contributed by atoms with E-state index in [1.165, 1.54) is 5.56 Å². The Labute approximate surface area is 123 Å². The summed E-state index contributed by atoms with van der Waals surface area (Å²) in [7, 11) is 0. The molecule has 0 spiro atoms. The second-order valence-corrected chi connectivity index (χ2v) is 5.14. The Bertz CT molecular complexity index is 680. The quantitative estimate of drug-likeness (QED) is 0.671. The topological polar surface area (TPSA) is 55.1 Å². The molecule has 3 nitrogen and oxygen atoms in total. The SMILES string of the molecule is Cc1ccc(C(=O)c2cccc(NC(N)=S)c2)cc1C. The predicted octanol–water partition coefficient (Wildman–Crippen LogP) is 3.19. The van der Waals surface area contributed by atoms with E-state index < -0.39 is 0 Å². The highest BCUT2D eigenvalue weighted by molar-refractivity contribution is 7.80. The Kier molecular flexibility index (Phi) is 4.15. The summed E-state index contributed by atoms with van der Waals surface area (Å²) in [6, 6.07) is 12.9. The van der Waals surface area contributed by atoms with Crippen molar-refractivity contribution < 1.29 is 4.79 Å². The number of thiocarbonyl (C=S) groups is 1. The van der Waals surface area contributed by atoms with Gasteiger partial charge < -0.3 is 11.1 Å². The van der Waals surface area contributed by atoms with Crippen molar-refractivity contribution >= 4 is 28.8 Å². The lowest BCUT2D eigenvalue weighted by Gasteiger charge is -2.07. The van der Waals surface area contributed by atoms with Gasteiger partial charge in [-0.1, -0.05) is 24.3 Å². The number of hydrogen-bond donors (Lipinski definition) is 2. The number of nitrogens with one attached hydrogen (secondary N) is 1. The summed E-state index contributed by atoms with van der Waals surface area (Å²) < 4.78 is 0. The minimum absolute atomic E-state index is 0.0142. The number of hydrogen-bond acceptors (Lipinski definition) is 2. The number of carbonyl (C=O) groups is 1. The lowest BCUT2D eigenvalue weighted by molar-refractivity contribution is 0.103. The van der Waals surface area contributed by atoms with Crippen molar-refractivity contribution in [3.8, 4) is 0 Å². The van der Waals surface area contributed by atoms with Gasteiger partial charge in [-0.3, -0.25) is 4.79 Å². The van der Waals surface area contributed by atoms with Crippen molar-refractivity contribution in [2.45, 2.75) is 13.8 Å². The molecule has 0 aliphatic carbocycles. The van der Waals surface area contributed by atoms with Crippen LogP contribution in [-0.4, -0.2) is 10.9 Å². The van der Waals surface area contributed by atoms with E-state index in [1.54, 1.807) is 18.2 Å². The van der Waals surface area contributed by atoms with Crippen LogP contribution in [0.2, 0.25) is 0 Å². The van der Waals surface area contributed by atoms with Crippen LogP contribution in [0.25, 0.3) is 0 Å². The van der Waals surface area contributed by atoms with E-state index in [0.717, 1.165) is 5.56 Å². The minimum Gasteiger partial charge on any atom is -0.376 e. The Morgan fingerprint density at radius 3 is 2.40 bits per heavy atom. The zero-order valence-corrected chi connectivity index (χ0v) is 12.3. The Hall–Kier alpha value is -2.20. The van der Waals surface area contributed by atoms with Gasteiger partial charge >= 0.3 is 0 Å². The van der Waals surface area contributed by atoms with Gasteiger partial charge in [0, 0.05) is 16.8 Å². The fourth-order valence-corrected chi connectivity index (χ4v) is 2.05. The summed E-state index contributed by atoms with van der Waals surface area (Å²) in [6.07, 6.45) is 0. The van der Waals surface area contributed by atoms with Gasteiger partial charge in [-0.25, -0.2) is 0 Å². The molecule has 0 aromatic heterocycles. The highest BCUT2D eigenvalue weighted by atomic mass is 32.1. The van der Waals surface area contributed by atoms with E-state index in [1.807, 2.05) is 38.1 Å². The molecule has 4 heteroatoms. The number of anilines is 1. The smallest absolute Gasteiger partial charge is 0.193 e. The number of nitrogens with two attached hydrogens (primary N) is 1. The molecule has 0 fully saturated rings. The molecule has 0 unspecified atom stereocenters. The van der Waals surface area contributed by atoms with Crippen molar-refractivity contribution in [3.63, 3.8) is 0 Å². The average Bonchev–Trinajstić information content (AvgIpc) is 2.40. The Morgan fingerprint density at radius 2 is 1.75 bits per heavy atom. The molecule has 0 saturated heterocycles. The van der Waals surface area contributed by atoms with Crippen LogP contribution in [0.3, 0.4) is 0 Å². The summed E-state index contributed by atoms with van der Waals surface area (Å²) in [5.74, 6) is -0.0142. The van der Waals surface area contributed by atoms with Crippen LogP contribution in [0.15, 0.2) is 42.5 Å². The van der Waals surface area contributed by atoms with Crippen LogP contribution in [0.4, 0.5) is 5.69 Å². The van der Waals surface area contributed by atoms with Gasteiger partial charge in [0.2, 0.25) is 0 Å². The summed E-state index contributed by atoms with van der Waals surface area (Å²) in [5, 5.41) is 3.01. The van der Waals surface area contributed by atoms with E-state index in [0.29, 0.717) is 16.8 Å². The summed E-state index contributed by atoms with van der Waals surface area (Å²) in [4.78, 5) is 12.5. The molecule has 102 valence electrons. The van der Waals surface area contributed by atoms with Crippen LogP contribution < -0.4 is 11.1 Å². The Morgan fingerprint density at radius 1 is 1.05 bits per heavy atom.